The number of aromatic nitrogens is 5. The van der Waals surface area contributed by atoms with E-state index in [0.717, 1.165) is 39.7 Å². The van der Waals surface area contributed by atoms with Gasteiger partial charge >= 0.3 is 5.69 Å². The standard InChI is InChI=1S/C12H12FN5O2S2/c1-7-4-2-3-5-21-11(7)20-6-8-9(13)15-22-10(8)18-12(19)14-16-17-18/h3,5H,2,4,6H2,1H3,(H,14,17,19). The van der Waals surface area contributed by atoms with Gasteiger partial charge in [-0.25, -0.2) is 9.89 Å². The molecule has 3 rings (SSSR count). The molecule has 2 aromatic heterocycles. The molecular weight excluding hydrogens is 329 g/mol. The van der Waals surface area contributed by atoms with Crippen LogP contribution >= 0.6 is 23.3 Å². The lowest BCUT2D eigenvalue weighted by atomic mass is 10.2. The lowest BCUT2D eigenvalue weighted by Gasteiger charge is -2.10. The highest BCUT2D eigenvalue weighted by molar-refractivity contribution is 8.05. The summed E-state index contributed by atoms with van der Waals surface area (Å²) in [6.07, 6.45) is 3.93. The summed E-state index contributed by atoms with van der Waals surface area (Å²) in [4.78, 5) is 11.6. The minimum Gasteiger partial charge on any atom is -0.482 e. The minimum atomic E-state index is -0.665. The minimum absolute atomic E-state index is 0.0233. The second kappa shape index (κ2) is 6.44. The molecule has 0 saturated heterocycles. The Morgan fingerprint density at radius 1 is 1.55 bits per heavy atom. The second-order valence-corrected chi connectivity index (χ2v) is 6.19. The van der Waals surface area contributed by atoms with Crippen molar-refractivity contribution < 1.29 is 9.13 Å². The van der Waals surface area contributed by atoms with Crippen LogP contribution in [0.2, 0.25) is 0 Å². The number of hydrogen-bond donors (Lipinski definition) is 1. The zero-order chi connectivity index (χ0) is 15.5. The summed E-state index contributed by atoms with van der Waals surface area (Å²) in [7, 11) is 0. The van der Waals surface area contributed by atoms with Gasteiger partial charge in [-0.1, -0.05) is 17.8 Å². The Hall–Kier alpha value is -1.94. The first-order valence-corrected chi connectivity index (χ1v) is 8.11. The van der Waals surface area contributed by atoms with Gasteiger partial charge in [0.1, 0.15) is 6.61 Å². The highest BCUT2D eigenvalue weighted by Gasteiger charge is 2.20. The molecule has 0 bridgehead atoms. The number of H-pyrrole nitrogens is 1. The van der Waals surface area contributed by atoms with Crippen molar-refractivity contribution >= 4 is 23.3 Å². The average molecular weight is 341 g/mol. The number of allylic oxidation sites excluding steroid dienone is 2. The van der Waals surface area contributed by atoms with Crippen molar-refractivity contribution in [3.05, 3.63) is 44.1 Å². The Morgan fingerprint density at radius 2 is 2.41 bits per heavy atom. The predicted molar refractivity (Wildman–Crippen MR) is 81.1 cm³/mol. The molecule has 1 N–H and O–H groups in total. The van der Waals surface area contributed by atoms with Crippen molar-refractivity contribution in [3.63, 3.8) is 0 Å². The SMILES string of the molecule is CC1=C(OCc2c(F)nsc2-n2nn[nH]c2=O)SC=CCC1. The predicted octanol–water partition coefficient (Wildman–Crippen LogP) is 2.34. The maximum Gasteiger partial charge on any atom is 0.366 e. The van der Waals surface area contributed by atoms with Gasteiger partial charge in [-0.2, -0.15) is 8.76 Å². The molecule has 0 aliphatic carbocycles. The molecule has 22 heavy (non-hydrogen) atoms. The van der Waals surface area contributed by atoms with Crippen LogP contribution < -0.4 is 5.69 Å². The summed E-state index contributed by atoms with van der Waals surface area (Å²) in [6, 6.07) is 0. The number of aromatic amines is 1. The van der Waals surface area contributed by atoms with Gasteiger partial charge in [0.15, 0.2) is 10.1 Å². The van der Waals surface area contributed by atoms with Crippen LogP contribution in [0.15, 0.2) is 26.9 Å². The topological polar surface area (TPSA) is 85.7 Å². The van der Waals surface area contributed by atoms with Gasteiger partial charge in [0.05, 0.1) is 5.56 Å². The highest BCUT2D eigenvalue weighted by Crippen LogP contribution is 2.30. The van der Waals surface area contributed by atoms with Crippen molar-refractivity contribution in [3.8, 4) is 5.00 Å². The van der Waals surface area contributed by atoms with Gasteiger partial charge in [-0.05, 0) is 52.7 Å². The molecule has 1 aliphatic rings. The van der Waals surface area contributed by atoms with Gasteiger partial charge in [0, 0.05) is 0 Å². The van der Waals surface area contributed by atoms with E-state index in [1.807, 2.05) is 12.3 Å². The van der Waals surface area contributed by atoms with Crippen LogP contribution in [0, 0.1) is 5.95 Å². The number of ether oxygens (including phenoxy) is 1. The van der Waals surface area contributed by atoms with Crippen molar-refractivity contribution in [2.24, 2.45) is 0 Å². The molecule has 116 valence electrons. The first-order chi connectivity index (χ1) is 10.7. The molecule has 0 amide bonds. The molecule has 7 nitrogen and oxygen atoms in total. The van der Waals surface area contributed by atoms with Gasteiger partial charge in [-0.15, -0.1) is 4.68 Å². The Labute approximate surface area is 133 Å². The lowest BCUT2D eigenvalue weighted by Crippen LogP contribution is -2.16. The fourth-order valence-electron chi connectivity index (χ4n) is 1.88. The van der Waals surface area contributed by atoms with E-state index in [-0.39, 0.29) is 17.2 Å². The smallest absolute Gasteiger partial charge is 0.366 e. The number of rotatable bonds is 4. The van der Waals surface area contributed by atoms with Crippen LogP contribution in [-0.4, -0.2) is 24.6 Å². The Balaban J connectivity index is 1.84. The zero-order valence-corrected chi connectivity index (χ0v) is 13.2. The number of halogens is 1. The van der Waals surface area contributed by atoms with Crippen LogP contribution in [0.1, 0.15) is 25.3 Å². The highest BCUT2D eigenvalue weighted by atomic mass is 32.2. The van der Waals surface area contributed by atoms with Crippen molar-refractivity contribution in [1.82, 2.24) is 24.6 Å². The number of thioether (sulfide) groups is 1. The van der Waals surface area contributed by atoms with Gasteiger partial charge in [0.2, 0.25) is 5.95 Å². The summed E-state index contributed by atoms with van der Waals surface area (Å²) in [6.45, 7) is 1.96. The molecule has 0 spiro atoms. The van der Waals surface area contributed by atoms with E-state index in [1.165, 1.54) is 11.8 Å². The molecule has 3 heterocycles. The first kappa shape index (κ1) is 15.0. The Bertz CT molecular complexity index is 792. The third-order valence-corrected chi connectivity index (χ3v) is 4.89. The first-order valence-electron chi connectivity index (χ1n) is 6.46. The fourth-order valence-corrected chi connectivity index (χ4v) is 3.39. The van der Waals surface area contributed by atoms with E-state index in [0.29, 0.717) is 0 Å². The number of hydrogen-bond acceptors (Lipinski definition) is 7. The fraction of sp³-hybridized carbons (Fsp3) is 0.333. The zero-order valence-electron chi connectivity index (χ0n) is 11.6. The number of nitrogens with one attached hydrogen (secondary N) is 1. The molecule has 0 radical (unpaired) electrons. The van der Waals surface area contributed by atoms with Crippen LogP contribution in [-0.2, 0) is 11.3 Å². The van der Waals surface area contributed by atoms with E-state index >= 15 is 0 Å². The van der Waals surface area contributed by atoms with E-state index in [2.05, 4.69) is 26.0 Å². The number of tetrazole rings is 1. The summed E-state index contributed by atoms with van der Waals surface area (Å²) in [5, 5.41) is 12.1. The average Bonchev–Trinajstić information content (AvgIpc) is 3.01. The Morgan fingerprint density at radius 3 is 3.18 bits per heavy atom. The van der Waals surface area contributed by atoms with Gasteiger partial charge in [-0.3, -0.25) is 0 Å². The van der Waals surface area contributed by atoms with Gasteiger partial charge < -0.3 is 4.74 Å². The summed E-state index contributed by atoms with van der Waals surface area (Å²) in [5.74, 6) is -0.665. The van der Waals surface area contributed by atoms with Crippen LogP contribution in [0.25, 0.3) is 5.00 Å². The molecular formula is C12H12FN5O2S2. The van der Waals surface area contributed by atoms with Crippen molar-refractivity contribution in [2.45, 2.75) is 26.4 Å². The summed E-state index contributed by atoms with van der Waals surface area (Å²) in [5.41, 5.74) is 0.751. The van der Waals surface area contributed by atoms with E-state index in [1.54, 1.807) is 0 Å². The summed E-state index contributed by atoms with van der Waals surface area (Å²) < 4.78 is 24.2. The maximum absolute atomic E-state index is 13.9. The van der Waals surface area contributed by atoms with Gasteiger partial charge in [0.25, 0.3) is 0 Å². The molecule has 0 unspecified atom stereocenters. The monoisotopic (exact) mass is 341 g/mol. The summed E-state index contributed by atoms with van der Waals surface area (Å²) >= 11 is 2.30. The second-order valence-electron chi connectivity index (χ2n) is 4.56. The molecule has 0 saturated carbocycles. The van der Waals surface area contributed by atoms with E-state index in [4.69, 9.17) is 4.74 Å². The van der Waals surface area contributed by atoms with Crippen LogP contribution in [0.3, 0.4) is 0 Å². The third kappa shape index (κ3) is 2.97. The van der Waals surface area contributed by atoms with E-state index < -0.39 is 11.6 Å². The lowest BCUT2D eigenvalue weighted by molar-refractivity contribution is 0.217. The van der Waals surface area contributed by atoms with E-state index in [9.17, 15) is 9.18 Å². The molecule has 10 heteroatoms. The van der Waals surface area contributed by atoms with Crippen molar-refractivity contribution in [2.75, 3.05) is 0 Å². The number of nitrogens with zero attached hydrogens (tertiary/aromatic N) is 4. The molecule has 0 atom stereocenters. The Kier molecular flexibility index (Phi) is 4.39. The van der Waals surface area contributed by atoms with Crippen LogP contribution in [0.4, 0.5) is 4.39 Å². The normalized spacial score (nSPS) is 15.2. The molecule has 2 aromatic rings. The largest absolute Gasteiger partial charge is 0.482 e. The maximum atomic E-state index is 13.9. The van der Waals surface area contributed by atoms with Crippen LogP contribution in [0.5, 0.6) is 0 Å². The third-order valence-electron chi connectivity index (χ3n) is 3.04. The molecule has 1 aliphatic heterocycles. The quantitative estimate of drug-likeness (QED) is 0.919. The van der Waals surface area contributed by atoms with Crippen molar-refractivity contribution in [1.29, 1.82) is 0 Å². The molecule has 0 aromatic carbocycles. The molecule has 0 fully saturated rings.